The van der Waals surface area contributed by atoms with Gasteiger partial charge in [-0.05, 0) is 44.7 Å². The second-order valence-electron chi connectivity index (χ2n) is 6.12. The van der Waals surface area contributed by atoms with E-state index in [4.69, 9.17) is 4.74 Å². The van der Waals surface area contributed by atoms with Crippen LogP contribution in [-0.2, 0) is 0 Å². The molecule has 2 atom stereocenters. The summed E-state index contributed by atoms with van der Waals surface area (Å²) in [7, 11) is 0. The zero-order valence-electron chi connectivity index (χ0n) is 12.4. The third kappa shape index (κ3) is 3.06. The van der Waals surface area contributed by atoms with Gasteiger partial charge >= 0.3 is 0 Å². The summed E-state index contributed by atoms with van der Waals surface area (Å²) in [6.45, 7) is 4.17. The molecule has 0 fully saturated rings. The Balaban J connectivity index is 1.60. The number of fused-ring (bicyclic) bond motifs is 1. The molecule has 0 radical (unpaired) electrons. The van der Waals surface area contributed by atoms with E-state index in [-0.39, 0.29) is 0 Å². The lowest BCUT2D eigenvalue weighted by Crippen LogP contribution is -2.34. The molecule has 1 aromatic carbocycles. The summed E-state index contributed by atoms with van der Waals surface area (Å²) in [4.78, 5) is 0. The van der Waals surface area contributed by atoms with Crippen molar-refractivity contribution in [2.75, 3.05) is 13.2 Å². The zero-order chi connectivity index (χ0) is 13.8. The summed E-state index contributed by atoms with van der Waals surface area (Å²) in [5.74, 6) is 1.59. The van der Waals surface area contributed by atoms with Gasteiger partial charge in [-0.2, -0.15) is 0 Å². The fourth-order valence-electron chi connectivity index (χ4n) is 3.32. The van der Waals surface area contributed by atoms with Gasteiger partial charge < -0.3 is 10.1 Å². The summed E-state index contributed by atoms with van der Waals surface area (Å²) in [5.41, 5.74) is 2.97. The summed E-state index contributed by atoms with van der Waals surface area (Å²) < 4.78 is 5.81. The van der Waals surface area contributed by atoms with Crippen LogP contribution in [-0.4, -0.2) is 13.2 Å². The molecule has 108 valence electrons. The van der Waals surface area contributed by atoms with E-state index >= 15 is 0 Å². The molecule has 20 heavy (non-hydrogen) atoms. The minimum absolute atomic E-state index is 0.434. The normalized spacial score (nSPS) is 25.6. The molecule has 2 nitrogen and oxygen atoms in total. The van der Waals surface area contributed by atoms with Crippen molar-refractivity contribution in [3.63, 3.8) is 0 Å². The number of hydrogen-bond acceptors (Lipinski definition) is 2. The van der Waals surface area contributed by atoms with E-state index in [1.807, 2.05) is 0 Å². The summed E-state index contributed by atoms with van der Waals surface area (Å²) in [5, 5.41) is 3.75. The van der Waals surface area contributed by atoms with Crippen LogP contribution in [0.3, 0.4) is 0 Å². The van der Waals surface area contributed by atoms with Crippen LogP contribution in [0, 0.1) is 5.92 Å². The molecule has 1 heterocycles. The van der Waals surface area contributed by atoms with E-state index < -0.39 is 0 Å². The highest BCUT2D eigenvalue weighted by molar-refractivity contribution is 5.37. The number of para-hydroxylation sites is 1. The predicted molar refractivity (Wildman–Crippen MR) is 83.0 cm³/mol. The first kappa shape index (κ1) is 13.7. The van der Waals surface area contributed by atoms with Crippen LogP contribution in [0.2, 0.25) is 0 Å². The Morgan fingerprint density at radius 1 is 1.25 bits per heavy atom. The molecule has 0 bridgehead atoms. The average molecular weight is 271 g/mol. The van der Waals surface area contributed by atoms with E-state index in [1.165, 1.54) is 37.7 Å². The smallest absolute Gasteiger partial charge is 0.124 e. The number of rotatable bonds is 4. The number of allylic oxidation sites excluding steroid dienone is 1. The molecule has 1 N–H and O–H groups in total. The van der Waals surface area contributed by atoms with Gasteiger partial charge in [-0.15, -0.1) is 0 Å². The highest BCUT2D eigenvalue weighted by Gasteiger charge is 2.26. The molecule has 2 aliphatic rings. The highest BCUT2D eigenvalue weighted by atomic mass is 16.5. The number of benzene rings is 1. The molecule has 1 aromatic rings. The molecule has 3 rings (SSSR count). The van der Waals surface area contributed by atoms with Crippen molar-refractivity contribution >= 4 is 0 Å². The molecule has 1 aliphatic heterocycles. The highest BCUT2D eigenvalue weighted by Crippen LogP contribution is 2.35. The van der Waals surface area contributed by atoms with Gasteiger partial charge in [-0.25, -0.2) is 0 Å². The van der Waals surface area contributed by atoms with E-state index in [9.17, 15) is 0 Å². The molecule has 0 amide bonds. The second kappa shape index (κ2) is 6.45. The Kier molecular flexibility index (Phi) is 4.41. The lowest BCUT2D eigenvalue weighted by Gasteiger charge is -2.32. The number of nitrogens with one attached hydrogen (secondary N) is 1. The molecule has 0 saturated heterocycles. The Bertz CT molecular complexity index is 480. The SMILES string of the molecule is CC1COc2ccccc2C1NCCC1=CCCCC1. The van der Waals surface area contributed by atoms with Crippen molar-refractivity contribution in [1.82, 2.24) is 5.32 Å². The molecule has 0 aromatic heterocycles. The Morgan fingerprint density at radius 3 is 3.00 bits per heavy atom. The van der Waals surface area contributed by atoms with Crippen molar-refractivity contribution in [3.05, 3.63) is 41.5 Å². The fourth-order valence-corrected chi connectivity index (χ4v) is 3.32. The molecule has 0 spiro atoms. The van der Waals surface area contributed by atoms with Crippen LogP contribution < -0.4 is 10.1 Å². The van der Waals surface area contributed by atoms with Crippen LogP contribution >= 0.6 is 0 Å². The van der Waals surface area contributed by atoms with Gasteiger partial charge in [0, 0.05) is 17.5 Å². The van der Waals surface area contributed by atoms with Crippen molar-refractivity contribution < 1.29 is 4.74 Å². The monoisotopic (exact) mass is 271 g/mol. The van der Waals surface area contributed by atoms with Crippen molar-refractivity contribution in [3.8, 4) is 5.75 Å². The first-order valence-electron chi connectivity index (χ1n) is 7.97. The lowest BCUT2D eigenvalue weighted by molar-refractivity contribution is 0.189. The topological polar surface area (TPSA) is 21.3 Å². The van der Waals surface area contributed by atoms with Crippen LogP contribution in [0.25, 0.3) is 0 Å². The molecule has 1 aliphatic carbocycles. The molecular formula is C18H25NO. The first-order valence-corrected chi connectivity index (χ1v) is 7.97. The largest absolute Gasteiger partial charge is 0.493 e. The van der Waals surface area contributed by atoms with Crippen molar-refractivity contribution in [1.29, 1.82) is 0 Å². The summed E-state index contributed by atoms with van der Waals surface area (Å²) in [6.07, 6.45) is 9.00. The van der Waals surface area contributed by atoms with E-state index in [0.29, 0.717) is 12.0 Å². The Morgan fingerprint density at radius 2 is 2.15 bits per heavy atom. The maximum atomic E-state index is 5.81. The van der Waals surface area contributed by atoms with E-state index in [0.717, 1.165) is 18.9 Å². The van der Waals surface area contributed by atoms with E-state index in [1.54, 1.807) is 5.57 Å². The maximum Gasteiger partial charge on any atom is 0.124 e. The molecule has 2 unspecified atom stereocenters. The quantitative estimate of drug-likeness (QED) is 0.827. The van der Waals surface area contributed by atoms with Crippen LogP contribution in [0.15, 0.2) is 35.9 Å². The Hall–Kier alpha value is -1.28. The maximum absolute atomic E-state index is 5.81. The molecular weight excluding hydrogens is 246 g/mol. The van der Waals surface area contributed by atoms with Gasteiger partial charge in [0.1, 0.15) is 5.75 Å². The van der Waals surface area contributed by atoms with Gasteiger partial charge in [-0.1, -0.05) is 36.8 Å². The summed E-state index contributed by atoms with van der Waals surface area (Å²) in [6, 6.07) is 8.88. The number of hydrogen-bond donors (Lipinski definition) is 1. The van der Waals surface area contributed by atoms with Crippen molar-refractivity contribution in [2.24, 2.45) is 5.92 Å². The van der Waals surface area contributed by atoms with Crippen LogP contribution in [0.4, 0.5) is 0 Å². The molecule has 0 saturated carbocycles. The van der Waals surface area contributed by atoms with Crippen LogP contribution in [0.1, 0.15) is 50.6 Å². The van der Waals surface area contributed by atoms with Gasteiger partial charge in [0.05, 0.1) is 6.61 Å². The average Bonchev–Trinajstić information content (AvgIpc) is 2.50. The van der Waals surface area contributed by atoms with Gasteiger partial charge in [0.15, 0.2) is 0 Å². The third-order valence-electron chi connectivity index (χ3n) is 4.52. The lowest BCUT2D eigenvalue weighted by atomic mass is 9.91. The minimum atomic E-state index is 0.434. The zero-order valence-corrected chi connectivity index (χ0v) is 12.4. The first-order chi connectivity index (χ1) is 9.84. The van der Waals surface area contributed by atoms with Gasteiger partial charge in [0.25, 0.3) is 0 Å². The fraction of sp³-hybridized carbons (Fsp3) is 0.556. The van der Waals surface area contributed by atoms with Crippen molar-refractivity contribution in [2.45, 2.75) is 45.1 Å². The number of ether oxygens (including phenoxy) is 1. The predicted octanol–water partition coefficient (Wildman–Crippen LogP) is 4.24. The minimum Gasteiger partial charge on any atom is -0.493 e. The second-order valence-corrected chi connectivity index (χ2v) is 6.12. The standard InChI is InChI=1S/C18H25NO/c1-14-13-20-17-10-6-5-9-16(17)18(14)19-12-11-15-7-3-2-4-8-15/h5-7,9-10,14,18-19H,2-4,8,11-13H2,1H3. The third-order valence-corrected chi connectivity index (χ3v) is 4.52. The van der Waals surface area contributed by atoms with E-state index in [2.05, 4.69) is 42.6 Å². The van der Waals surface area contributed by atoms with Gasteiger partial charge in [-0.3, -0.25) is 0 Å². The van der Waals surface area contributed by atoms with Gasteiger partial charge in [0.2, 0.25) is 0 Å². The summed E-state index contributed by atoms with van der Waals surface area (Å²) >= 11 is 0. The molecule has 2 heteroatoms. The Labute approximate surface area is 122 Å². The van der Waals surface area contributed by atoms with Crippen LogP contribution in [0.5, 0.6) is 5.75 Å².